The number of ether oxygens (including phenoxy) is 1. The molecule has 0 fully saturated rings. The molecule has 2 aromatic carbocycles. The van der Waals surface area contributed by atoms with Crippen molar-refractivity contribution in [1.29, 1.82) is 0 Å². The zero-order valence-corrected chi connectivity index (χ0v) is 16.1. The number of para-hydroxylation sites is 1. The van der Waals surface area contributed by atoms with E-state index in [1.807, 2.05) is 29.6 Å². The Morgan fingerprint density at radius 2 is 1.76 bits per heavy atom. The van der Waals surface area contributed by atoms with E-state index in [-0.39, 0.29) is 16.9 Å². The second-order valence-electron chi connectivity index (χ2n) is 6.43. The maximum absolute atomic E-state index is 13.3. The monoisotopic (exact) mass is 402 g/mol. The number of hydrogen-bond donors (Lipinski definition) is 0. The number of benzene rings is 2. The zero-order chi connectivity index (χ0) is 20.0. The van der Waals surface area contributed by atoms with Gasteiger partial charge in [-0.3, -0.25) is 4.79 Å². The molecule has 0 aliphatic carbocycles. The van der Waals surface area contributed by atoms with Gasteiger partial charge in [0.15, 0.2) is 11.3 Å². The fourth-order valence-electron chi connectivity index (χ4n) is 3.40. The van der Waals surface area contributed by atoms with Crippen LogP contribution in [0.2, 0.25) is 0 Å². The smallest absolute Gasteiger partial charge is 0.348 e. The third-order valence-electron chi connectivity index (χ3n) is 4.77. The average molecular weight is 402 g/mol. The quantitative estimate of drug-likeness (QED) is 0.293. The van der Waals surface area contributed by atoms with Gasteiger partial charge in [0, 0.05) is 10.4 Å². The largest absolute Gasteiger partial charge is 0.497 e. The Bertz CT molecular complexity index is 1410. The predicted molar refractivity (Wildman–Crippen MR) is 112 cm³/mol. The van der Waals surface area contributed by atoms with Crippen LogP contribution in [0, 0.1) is 0 Å². The van der Waals surface area contributed by atoms with Crippen molar-refractivity contribution in [3.8, 4) is 16.2 Å². The Morgan fingerprint density at radius 3 is 2.48 bits per heavy atom. The lowest BCUT2D eigenvalue weighted by molar-refractivity contribution is 0.101. The summed E-state index contributed by atoms with van der Waals surface area (Å²) < 4.78 is 16.7. The minimum atomic E-state index is -0.528. The Balaban J connectivity index is 1.83. The highest BCUT2D eigenvalue weighted by molar-refractivity contribution is 7.13. The number of hydrogen-bond acceptors (Lipinski definition) is 6. The molecule has 0 bridgehead atoms. The summed E-state index contributed by atoms with van der Waals surface area (Å²) >= 11 is 1.43. The average Bonchev–Trinajstić information content (AvgIpc) is 3.41. The van der Waals surface area contributed by atoms with Crippen LogP contribution in [0.25, 0.3) is 32.4 Å². The summed E-state index contributed by atoms with van der Waals surface area (Å²) in [5.74, 6) is 0.461. The summed E-state index contributed by atoms with van der Waals surface area (Å²) in [6.07, 6.45) is 0. The second-order valence-corrected chi connectivity index (χ2v) is 7.38. The van der Waals surface area contributed by atoms with E-state index in [1.165, 1.54) is 11.3 Å². The molecular weight excluding hydrogens is 388 g/mol. The topological polar surface area (TPSA) is 69.7 Å². The number of thiophene rings is 1. The molecule has 5 rings (SSSR count). The van der Waals surface area contributed by atoms with Crippen LogP contribution < -0.4 is 10.4 Å². The van der Waals surface area contributed by atoms with Gasteiger partial charge in [-0.15, -0.1) is 11.3 Å². The SMILES string of the molecule is COc1ccc(C(=O)c2oc3c(c2-c2cccs2)c(=O)oc2ccccc23)cc1. The van der Waals surface area contributed by atoms with Crippen LogP contribution in [0.15, 0.2) is 79.7 Å². The van der Waals surface area contributed by atoms with Gasteiger partial charge in [-0.1, -0.05) is 18.2 Å². The predicted octanol–water partition coefficient (Wildman–Crippen LogP) is 5.51. The van der Waals surface area contributed by atoms with E-state index in [1.54, 1.807) is 43.5 Å². The highest BCUT2D eigenvalue weighted by Crippen LogP contribution is 2.39. The fraction of sp³-hybridized carbons (Fsp3) is 0.0435. The van der Waals surface area contributed by atoms with Crippen molar-refractivity contribution in [2.24, 2.45) is 0 Å². The van der Waals surface area contributed by atoms with Crippen LogP contribution in [0.4, 0.5) is 0 Å². The van der Waals surface area contributed by atoms with Crippen molar-refractivity contribution in [2.75, 3.05) is 7.11 Å². The van der Waals surface area contributed by atoms with Gasteiger partial charge >= 0.3 is 5.63 Å². The number of carbonyl (C=O) groups is 1. The number of ketones is 1. The lowest BCUT2D eigenvalue weighted by Gasteiger charge is -2.03. The summed E-state index contributed by atoms with van der Waals surface area (Å²) in [6.45, 7) is 0. The molecule has 0 atom stereocenters. The molecule has 0 aliphatic heterocycles. The van der Waals surface area contributed by atoms with E-state index in [0.29, 0.717) is 33.4 Å². The van der Waals surface area contributed by atoms with Gasteiger partial charge in [0.2, 0.25) is 5.78 Å². The first kappa shape index (κ1) is 17.5. The van der Waals surface area contributed by atoms with E-state index >= 15 is 0 Å². The van der Waals surface area contributed by atoms with Crippen LogP contribution in [0.1, 0.15) is 16.1 Å². The number of fused-ring (bicyclic) bond motifs is 3. The van der Waals surface area contributed by atoms with Crippen molar-refractivity contribution in [2.45, 2.75) is 0 Å². The molecule has 3 aromatic heterocycles. The highest BCUT2D eigenvalue weighted by Gasteiger charge is 2.27. The third kappa shape index (κ3) is 2.77. The van der Waals surface area contributed by atoms with E-state index < -0.39 is 5.63 Å². The third-order valence-corrected chi connectivity index (χ3v) is 5.66. The maximum Gasteiger partial charge on any atom is 0.348 e. The van der Waals surface area contributed by atoms with Crippen LogP contribution in [-0.2, 0) is 0 Å². The molecule has 5 nitrogen and oxygen atoms in total. The van der Waals surface area contributed by atoms with Crippen LogP contribution in [0.3, 0.4) is 0 Å². The minimum absolute atomic E-state index is 0.122. The van der Waals surface area contributed by atoms with E-state index in [4.69, 9.17) is 13.6 Å². The molecule has 0 saturated heterocycles. The highest BCUT2D eigenvalue weighted by atomic mass is 32.1. The fourth-order valence-corrected chi connectivity index (χ4v) is 4.17. The molecule has 142 valence electrons. The molecule has 0 radical (unpaired) electrons. The van der Waals surface area contributed by atoms with Crippen LogP contribution >= 0.6 is 11.3 Å². The summed E-state index contributed by atoms with van der Waals surface area (Å²) in [7, 11) is 1.56. The van der Waals surface area contributed by atoms with Crippen molar-refractivity contribution >= 4 is 39.1 Å². The number of methoxy groups -OCH3 is 1. The molecular formula is C23H14O5S. The second kappa shape index (κ2) is 6.76. The Morgan fingerprint density at radius 1 is 0.966 bits per heavy atom. The Kier molecular flexibility index (Phi) is 4.07. The Hall–Kier alpha value is -3.64. The van der Waals surface area contributed by atoms with Crippen molar-refractivity contribution in [3.63, 3.8) is 0 Å². The standard InChI is InChI=1S/C23H14O5S/c1-26-14-10-8-13(9-11-14)20(24)22-18(17-7-4-12-29-17)19-21(28-22)15-5-2-3-6-16(15)27-23(19)25/h2-12H,1H3. The van der Waals surface area contributed by atoms with Gasteiger partial charge in [0.05, 0.1) is 18.1 Å². The van der Waals surface area contributed by atoms with Gasteiger partial charge in [-0.25, -0.2) is 4.79 Å². The lowest BCUT2D eigenvalue weighted by atomic mass is 10.0. The summed E-state index contributed by atoms with van der Waals surface area (Å²) in [5.41, 5.74) is 1.16. The van der Waals surface area contributed by atoms with Crippen LogP contribution in [-0.4, -0.2) is 12.9 Å². The number of furan rings is 1. The summed E-state index contributed by atoms with van der Waals surface area (Å²) in [5, 5.41) is 2.81. The van der Waals surface area contributed by atoms with Gasteiger partial charge in [0.1, 0.15) is 16.7 Å². The van der Waals surface area contributed by atoms with Gasteiger partial charge < -0.3 is 13.6 Å². The van der Waals surface area contributed by atoms with E-state index in [0.717, 1.165) is 4.88 Å². The molecule has 0 unspecified atom stereocenters. The molecule has 6 heteroatoms. The molecule has 29 heavy (non-hydrogen) atoms. The van der Waals surface area contributed by atoms with Crippen molar-refractivity contribution < 1.29 is 18.4 Å². The van der Waals surface area contributed by atoms with E-state index in [9.17, 15) is 9.59 Å². The lowest BCUT2D eigenvalue weighted by Crippen LogP contribution is -2.03. The summed E-state index contributed by atoms with van der Waals surface area (Å²) in [4.78, 5) is 26.9. The van der Waals surface area contributed by atoms with Gasteiger partial charge in [0.25, 0.3) is 0 Å². The maximum atomic E-state index is 13.3. The molecule has 0 N–H and O–H groups in total. The van der Waals surface area contributed by atoms with Crippen LogP contribution in [0.5, 0.6) is 5.75 Å². The first-order valence-electron chi connectivity index (χ1n) is 8.88. The normalized spacial score (nSPS) is 11.2. The van der Waals surface area contributed by atoms with Gasteiger partial charge in [-0.2, -0.15) is 0 Å². The van der Waals surface area contributed by atoms with Crippen molar-refractivity contribution in [3.05, 3.63) is 87.8 Å². The molecule has 0 aliphatic rings. The first-order chi connectivity index (χ1) is 14.2. The Labute approximate surface area is 168 Å². The molecule has 0 amide bonds. The first-order valence-corrected chi connectivity index (χ1v) is 9.76. The zero-order valence-electron chi connectivity index (χ0n) is 15.3. The molecule has 5 aromatic rings. The summed E-state index contributed by atoms with van der Waals surface area (Å²) in [6, 6.07) is 17.6. The molecule has 3 heterocycles. The van der Waals surface area contributed by atoms with Gasteiger partial charge in [-0.05, 0) is 47.8 Å². The number of carbonyl (C=O) groups excluding carboxylic acids is 1. The van der Waals surface area contributed by atoms with Crippen molar-refractivity contribution in [1.82, 2.24) is 0 Å². The minimum Gasteiger partial charge on any atom is -0.497 e. The van der Waals surface area contributed by atoms with E-state index in [2.05, 4.69) is 0 Å². The number of rotatable bonds is 4. The molecule has 0 spiro atoms. The molecule has 0 saturated carbocycles.